The normalized spacial score (nSPS) is 32.1. The number of carbonyl (C=O) groups is 2. The van der Waals surface area contributed by atoms with E-state index < -0.39 is 0 Å². The first-order chi connectivity index (χ1) is 10.5. The van der Waals surface area contributed by atoms with Crippen molar-refractivity contribution in [2.24, 2.45) is 23.7 Å². The first-order valence-electron chi connectivity index (χ1n) is 7.49. The Bertz CT molecular complexity index is 709. The molecule has 0 unspecified atom stereocenters. The summed E-state index contributed by atoms with van der Waals surface area (Å²) in [5.41, 5.74) is 3.23. The molecule has 1 aromatic carbocycles. The topological polar surface area (TPSA) is 37.4 Å². The van der Waals surface area contributed by atoms with Crippen LogP contribution in [-0.4, -0.2) is 11.8 Å². The minimum atomic E-state index is -0.202. The molecule has 2 bridgehead atoms. The molecule has 0 N–H and O–H groups in total. The van der Waals surface area contributed by atoms with Crippen molar-refractivity contribution in [3.63, 3.8) is 0 Å². The van der Waals surface area contributed by atoms with Crippen LogP contribution in [0.1, 0.15) is 13.8 Å². The third-order valence-electron chi connectivity index (χ3n) is 5.08. The van der Waals surface area contributed by atoms with Gasteiger partial charge in [-0.25, -0.2) is 4.90 Å². The number of anilines is 1. The predicted octanol–water partition coefficient (Wildman–Crippen LogP) is 3.55. The minimum Gasteiger partial charge on any atom is -0.274 e. The van der Waals surface area contributed by atoms with Crippen molar-refractivity contribution in [2.45, 2.75) is 13.8 Å². The molecule has 4 heteroatoms. The number of fused-ring (bicyclic) bond motifs is 5. The fraction of sp³-hybridized carbons (Fsp3) is 0.333. The molecule has 1 aliphatic heterocycles. The number of imide groups is 1. The van der Waals surface area contributed by atoms with Gasteiger partial charge in [-0.2, -0.15) is 0 Å². The first kappa shape index (κ1) is 14.2. The summed E-state index contributed by atoms with van der Waals surface area (Å²) in [7, 11) is 0. The molecule has 112 valence electrons. The lowest BCUT2D eigenvalue weighted by Crippen LogP contribution is -2.33. The average Bonchev–Trinajstić information content (AvgIpc) is 3.11. The SMILES string of the molecule is CC(C)=C1[C@H]2C=C[C@@H]1[C@@H]1C(=O)N(c3ccc(I)cc3)C(=O)[C@H]12. The summed E-state index contributed by atoms with van der Waals surface area (Å²) in [5, 5.41) is 0. The third kappa shape index (κ3) is 1.73. The fourth-order valence-corrected chi connectivity index (χ4v) is 4.63. The molecule has 0 radical (unpaired) electrons. The van der Waals surface area contributed by atoms with Crippen LogP contribution in [0.4, 0.5) is 5.69 Å². The number of rotatable bonds is 1. The zero-order chi connectivity index (χ0) is 15.6. The van der Waals surface area contributed by atoms with Gasteiger partial charge in [-0.15, -0.1) is 0 Å². The Hall–Kier alpha value is -1.43. The van der Waals surface area contributed by atoms with Crippen molar-refractivity contribution in [3.8, 4) is 0 Å². The Morgan fingerprint density at radius 2 is 1.45 bits per heavy atom. The Kier molecular flexibility index (Phi) is 3.08. The Labute approximate surface area is 143 Å². The van der Waals surface area contributed by atoms with E-state index in [1.807, 2.05) is 24.3 Å². The van der Waals surface area contributed by atoms with Crippen LogP contribution in [-0.2, 0) is 9.59 Å². The number of halogens is 1. The van der Waals surface area contributed by atoms with E-state index in [0.29, 0.717) is 5.69 Å². The lowest BCUT2D eigenvalue weighted by atomic mass is 9.85. The van der Waals surface area contributed by atoms with Crippen molar-refractivity contribution in [1.29, 1.82) is 0 Å². The van der Waals surface area contributed by atoms with Crippen LogP contribution in [0, 0.1) is 27.2 Å². The number of hydrogen-bond acceptors (Lipinski definition) is 2. The predicted molar refractivity (Wildman–Crippen MR) is 93.1 cm³/mol. The fourth-order valence-electron chi connectivity index (χ4n) is 4.27. The second-order valence-corrected chi connectivity index (χ2v) is 7.68. The summed E-state index contributed by atoms with van der Waals surface area (Å²) >= 11 is 2.22. The molecule has 1 saturated carbocycles. The molecular formula is C18H16INO2. The van der Waals surface area contributed by atoms with E-state index in [1.54, 1.807) is 0 Å². The molecule has 1 aromatic rings. The highest BCUT2D eigenvalue weighted by atomic mass is 127. The van der Waals surface area contributed by atoms with E-state index in [-0.39, 0.29) is 35.5 Å². The number of hydrogen-bond donors (Lipinski definition) is 0. The van der Waals surface area contributed by atoms with Gasteiger partial charge in [0.05, 0.1) is 17.5 Å². The molecular weight excluding hydrogens is 389 g/mol. The van der Waals surface area contributed by atoms with Crippen molar-refractivity contribution in [3.05, 3.63) is 51.1 Å². The van der Waals surface area contributed by atoms with Crippen molar-refractivity contribution >= 4 is 40.1 Å². The highest BCUT2D eigenvalue weighted by molar-refractivity contribution is 14.1. The quantitative estimate of drug-likeness (QED) is 0.407. The van der Waals surface area contributed by atoms with E-state index >= 15 is 0 Å². The molecule has 4 atom stereocenters. The highest BCUT2D eigenvalue weighted by Crippen LogP contribution is 2.57. The largest absolute Gasteiger partial charge is 0.274 e. The van der Waals surface area contributed by atoms with Crippen LogP contribution >= 0.6 is 22.6 Å². The molecule has 2 amide bonds. The van der Waals surface area contributed by atoms with E-state index in [9.17, 15) is 9.59 Å². The lowest BCUT2D eigenvalue weighted by Gasteiger charge is -2.19. The molecule has 2 fully saturated rings. The zero-order valence-electron chi connectivity index (χ0n) is 12.4. The van der Waals surface area contributed by atoms with E-state index in [1.165, 1.54) is 16.0 Å². The maximum Gasteiger partial charge on any atom is 0.238 e. The van der Waals surface area contributed by atoms with Crippen LogP contribution in [0.5, 0.6) is 0 Å². The molecule has 22 heavy (non-hydrogen) atoms. The summed E-state index contributed by atoms with van der Waals surface area (Å²) in [4.78, 5) is 27.2. The van der Waals surface area contributed by atoms with Crippen LogP contribution in [0.15, 0.2) is 47.6 Å². The first-order valence-corrected chi connectivity index (χ1v) is 8.57. The van der Waals surface area contributed by atoms with Gasteiger partial charge in [-0.3, -0.25) is 9.59 Å². The van der Waals surface area contributed by atoms with Crippen molar-refractivity contribution in [1.82, 2.24) is 0 Å². The lowest BCUT2D eigenvalue weighted by molar-refractivity contribution is -0.122. The van der Waals surface area contributed by atoms with Gasteiger partial charge in [0.15, 0.2) is 0 Å². The average molecular weight is 405 g/mol. The third-order valence-corrected chi connectivity index (χ3v) is 5.80. The van der Waals surface area contributed by atoms with Gasteiger partial charge in [0.2, 0.25) is 11.8 Å². The van der Waals surface area contributed by atoms with E-state index in [2.05, 4.69) is 48.6 Å². The van der Waals surface area contributed by atoms with Crippen LogP contribution in [0.2, 0.25) is 0 Å². The second kappa shape index (κ2) is 4.78. The van der Waals surface area contributed by atoms with Crippen molar-refractivity contribution in [2.75, 3.05) is 4.90 Å². The number of benzene rings is 1. The summed E-state index contributed by atoms with van der Waals surface area (Å²) in [6.07, 6.45) is 4.24. The molecule has 3 nitrogen and oxygen atoms in total. The number of allylic oxidation sites excluding steroid dienone is 4. The van der Waals surface area contributed by atoms with Crippen molar-refractivity contribution < 1.29 is 9.59 Å². The summed E-state index contributed by atoms with van der Waals surface area (Å²) < 4.78 is 1.09. The standard InChI is InChI=1S/C18H16INO2/c1-9(2)14-12-7-8-13(14)16-15(12)17(21)20(18(16)22)11-5-3-10(19)4-6-11/h3-8,12-13,15-16H,1-2H3/t12-,13+,15-,16-/m0/s1. The van der Waals surface area contributed by atoms with Crippen LogP contribution in [0.3, 0.4) is 0 Å². The monoisotopic (exact) mass is 405 g/mol. The molecule has 0 spiro atoms. The number of amides is 2. The summed E-state index contributed by atoms with van der Waals surface area (Å²) in [6, 6.07) is 7.57. The molecule has 3 aliphatic rings. The zero-order valence-corrected chi connectivity index (χ0v) is 14.6. The molecule has 2 aliphatic carbocycles. The minimum absolute atomic E-state index is 0.0354. The maximum absolute atomic E-state index is 12.9. The van der Waals surface area contributed by atoms with E-state index in [4.69, 9.17) is 0 Å². The smallest absolute Gasteiger partial charge is 0.238 e. The molecule has 4 rings (SSSR count). The van der Waals surface area contributed by atoms with Gasteiger partial charge in [-0.1, -0.05) is 23.3 Å². The second-order valence-electron chi connectivity index (χ2n) is 6.43. The van der Waals surface area contributed by atoms with Gasteiger partial charge in [0.25, 0.3) is 0 Å². The van der Waals surface area contributed by atoms with Crippen LogP contribution in [0.25, 0.3) is 0 Å². The summed E-state index contributed by atoms with van der Waals surface area (Å²) in [5.74, 6) is -0.243. The Balaban J connectivity index is 1.76. The van der Waals surface area contributed by atoms with Gasteiger partial charge in [-0.05, 0) is 60.7 Å². The maximum atomic E-state index is 12.9. The Morgan fingerprint density at radius 1 is 0.955 bits per heavy atom. The molecule has 1 heterocycles. The van der Waals surface area contributed by atoms with Gasteiger partial charge in [0.1, 0.15) is 0 Å². The van der Waals surface area contributed by atoms with Crippen LogP contribution < -0.4 is 4.90 Å². The van der Waals surface area contributed by atoms with E-state index in [0.717, 1.165) is 3.57 Å². The number of carbonyl (C=O) groups excluding carboxylic acids is 2. The number of nitrogens with zero attached hydrogens (tertiary/aromatic N) is 1. The van der Waals surface area contributed by atoms with Gasteiger partial charge in [0, 0.05) is 15.4 Å². The summed E-state index contributed by atoms with van der Waals surface area (Å²) in [6.45, 7) is 4.16. The highest BCUT2D eigenvalue weighted by Gasteiger charge is 2.61. The van der Waals surface area contributed by atoms with Gasteiger partial charge >= 0.3 is 0 Å². The molecule has 1 saturated heterocycles. The molecule has 0 aromatic heterocycles. The van der Waals surface area contributed by atoms with Gasteiger partial charge < -0.3 is 0 Å². The Morgan fingerprint density at radius 3 is 1.91 bits per heavy atom.